The highest BCUT2D eigenvalue weighted by Crippen LogP contribution is 2.49. The molecule has 3 nitrogen and oxygen atoms in total. The molecule has 1 saturated heterocycles. The van der Waals surface area contributed by atoms with Gasteiger partial charge < -0.3 is 9.64 Å². The third-order valence-electron chi connectivity index (χ3n) is 5.25. The van der Waals surface area contributed by atoms with Crippen LogP contribution in [0.15, 0.2) is 0 Å². The first kappa shape index (κ1) is 12.5. The predicted molar refractivity (Wildman–Crippen MR) is 70.1 cm³/mol. The van der Waals surface area contributed by atoms with Gasteiger partial charge in [0.05, 0.1) is 18.8 Å². The highest BCUT2D eigenvalue weighted by Gasteiger charge is 2.41. The molecule has 0 unspecified atom stereocenters. The van der Waals surface area contributed by atoms with Crippen LogP contribution in [0.25, 0.3) is 0 Å². The summed E-state index contributed by atoms with van der Waals surface area (Å²) in [5.41, 5.74) is 0. The molecule has 5 atom stereocenters. The second-order valence-corrected chi connectivity index (χ2v) is 6.68. The third-order valence-corrected chi connectivity index (χ3v) is 5.25. The van der Waals surface area contributed by atoms with Gasteiger partial charge in [-0.1, -0.05) is 6.42 Å². The first-order valence-corrected chi connectivity index (χ1v) is 7.54. The minimum absolute atomic E-state index is 0.199. The van der Waals surface area contributed by atoms with Crippen LogP contribution in [-0.4, -0.2) is 36.1 Å². The second kappa shape index (κ2) is 4.84. The molecule has 0 aromatic rings. The quantitative estimate of drug-likeness (QED) is 0.754. The van der Waals surface area contributed by atoms with E-state index < -0.39 is 0 Å². The van der Waals surface area contributed by atoms with Crippen molar-refractivity contribution in [1.29, 1.82) is 0 Å². The topological polar surface area (TPSA) is 29.5 Å². The molecule has 0 aromatic carbocycles. The first-order valence-electron chi connectivity index (χ1n) is 7.54. The van der Waals surface area contributed by atoms with Crippen molar-refractivity contribution in [2.45, 2.75) is 58.1 Å². The Labute approximate surface area is 110 Å². The predicted octanol–water partition coefficient (Wildman–Crippen LogP) is 2.45. The van der Waals surface area contributed by atoms with E-state index in [4.69, 9.17) is 4.74 Å². The number of carbonyl (C=O) groups excluding carboxylic acids is 1. The van der Waals surface area contributed by atoms with Crippen molar-refractivity contribution in [3.05, 3.63) is 0 Å². The summed E-state index contributed by atoms with van der Waals surface area (Å²) in [5, 5.41) is 0. The first-order chi connectivity index (χ1) is 8.63. The van der Waals surface area contributed by atoms with Crippen LogP contribution in [0, 0.1) is 17.8 Å². The molecule has 1 amide bonds. The number of hydrogen-bond acceptors (Lipinski definition) is 2. The molecule has 0 radical (unpaired) electrons. The molecule has 0 N–H and O–H groups in total. The van der Waals surface area contributed by atoms with Gasteiger partial charge in [0, 0.05) is 13.0 Å². The number of morpholine rings is 1. The van der Waals surface area contributed by atoms with Gasteiger partial charge in [-0.25, -0.2) is 0 Å². The van der Waals surface area contributed by atoms with Gasteiger partial charge in [-0.2, -0.15) is 0 Å². The van der Waals surface area contributed by atoms with E-state index in [0.717, 1.165) is 24.8 Å². The molecule has 3 heteroatoms. The van der Waals surface area contributed by atoms with E-state index in [9.17, 15) is 4.79 Å². The van der Waals surface area contributed by atoms with Gasteiger partial charge in [-0.15, -0.1) is 0 Å². The van der Waals surface area contributed by atoms with Gasteiger partial charge in [0.1, 0.15) is 0 Å². The number of hydrogen-bond donors (Lipinski definition) is 0. The number of rotatable bonds is 2. The number of ether oxygens (including phenoxy) is 1. The zero-order chi connectivity index (χ0) is 12.7. The van der Waals surface area contributed by atoms with Crippen LogP contribution in [0.5, 0.6) is 0 Å². The number of amides is 1. The van der Waals surface area contributed by atoms with Gasteiger partial charge >= 0.3 is 0 Å². The van der Waals surface area contributed by atoms with Crippen LogP contribution in [0.4, 0.5) is 0 Å². The summed E-state index contributed by atoms with van der Waals surface area (Å²) < 4.78 is 5.60. The Morgan fingerprint density at radius 3 is 2.78 bits per heavy atom. The van der Waals surface area contributed by atoms with E-state index in [2.05, 4.69) is 18.7 Å². The number of fused-ring (bicyclic) bond motifs is 2. The van der Waals surface area contributed by atoms with Crippen molar-refractivity contribution < 1.29 is 9.53 Å². The maximum atomic E-state index is 12.5. The minimum Gasteiger partial charge on any atom is -0.375 e. The zero-order valence-corrected chi connectivity index (χ0v) is 11.6. The molecule has 18 heavy (non-hydrogen) atoms. The summed E-state index contributed by atoms with van der Waals surface area (Å²) >= 11 is 0. The molecule has 1 heterocycles. The highest BCUT2D eigenvalue weighted by molar-refractivity contribution is 5.77. The zero-order valence-electron chi connectivity index (χ0n) is 11.6. The smallest absolute Gasteiger partial charge is 0.223 e. The molecule has 102 valence electrons. The van der Waals surface area contributed by atoms with Crippen LogP contribution >= 0.6 is 0 Å². The molecule has 2 saturated carbocycles. The molecule has 2 bridgehead atoms. The molecule has 2 aliphatic carbocycles. The number of carbonyl (C=O) groups is 1. The maximum Gasteiger partial charge on any atom is 0.223 e. The van der Waals surface area contributed by atoms with E-state index in [1.54, 1.807) is 0 Å². The molecule has 0 aromatic heterocycles. The van der Waals surface area contributed by atoms with Crippen molar-refractivity contribution in [3.8, 4) is 0 Å². The standard InChI is InChI=1S/C15H25NO2/c1-10-9-18-11(2)8-16(10)15(17)7-14-6-12-3-4-13(14)5-12/h10-14H,3-9H2,1-2H3/t10-,11-,12+,13+,14+/m1/s1. The summed E-state index contributed by atoms with van der Waals surface area (Å²) in [6.45, 7) is 5.64. The van der Waals surface area contributed by atoms with Crippen molar-refractivity contribution in [2.24, 2.45) is 17.8 Å². The summed E-state index contributed by atoms with van der Waals surface area (Å²) in [7, 11) is 0. The van der Waals surface area contributed by atoms with Gasteiger partial charge in [0.25, 0.3) is 0 Å². The average molecular weight is 251 g/mol. The summed E-state index contributed by atoms with van der Waals surface area (Å²) in [6.07, 6.45) is 6.48. The lowest BCUT2D eigenvalue weighted by Crippen LogP contribution is -2.50. The van der Waals surface area contributed by atoms with E-state index in [0.29, 0.717) is 18.4 Å². The average Bonchev–Trinajstić information content (AvgIpc) is 2.94. The van der Waals surface area contributed by atoms with Crippen molar-refractivity contribution in [1.82, 2.24) is 4.90 Å². The summed E-state index contributed by atoms with van der Waals surface area (Å²) in [5.74, 6) is 2.85. The van der Waals surface area contributed by atoms with E-state index in [1.807, 2.05) is 0 Å². The fraction of sp³-hybridized carbons (Fsp3) is 0.933. The maximum absolute atomic E-state index is 12.5. The van der Waals surface area contributed by atoms with Gasteiger partial charge in [-0.05, 0) is 50.9 Å². The lowest BCUT2D eigenvalue weighted by atomic mass is 9.86. The van der Waals surface area contributed by atoms with Crippen LogP contribution in [0.3, 0.4) is 0 Å². The van der Waals surface area contributed by atoms with Crippen LogP contribution in [-0.2, 0) is 9.53 Å². The Hall–Kier alpha value is -0.570. The van der Waals surface area contributed by atoms with Crippen molar-refractivity contribution in [2.75, 3.05) is 13.2 Å². The second-order valence-electron chi connectivity index (χ2n) is 6.68. The van der Waals surface area contributed by atoms with E-state index >= 15 is 0 Å². The molecule has 1 aliphatic heterocycles. The summed E-state index contributed by atoms with van der Waals surface area (Å²) in [6, 6.07) is 0.257. The molecular formula is C15H25NO2. The molecule has 3 aliphatic rings. The minimum atomic E-state index is 0.199. The Bertz CT molecular complexity index is 330. The Morgan fingerprint density at radius 1 is 1.28 bits per heavy atom. The Morgan fingerprint density at radius 2 is 2.11 bits per heavy atom. The molecular weight excluding hydrogens is 226 g/mol. The Balaban J connectivity index is 1.57. The van der Waals surface area contributed by atoms with Crippen LogP contribution in [0.1, 0.15) is 46.0 Å². The van der Waals surface area contributed by atoms with E-state index in [-0.39, 0.29) is 12.1 Å². The van der Waals surface area contributed by atoms with Gasteiger partial charge in [-0.3, -0.25) is 4.79 Å². The van der Waals surface area contributed by atoms with E-state index in [1.165, 1.54) is 25.7 Å². The fourth-order valence-corrected chi connectivity index (χ4v) is 4.22. The SMILES string of the molecule is C[C@@H]1CN(C(=O)C[C@@H]2C[C@H]3CC[C@H]2C3)[C@H](C)CO1. The highest BCUT2D eigenvalue weighted by atomic mass is 16.5. The number of nitrogens with zero attached hydrogens (tertiary/aromatic N) is 1. The molecule has 3 fully saturated rings. The normalized spacial score (nSPS) is 43.4. The molecule has 3 rings (SSSR count). The van der Waals surface area contributed by atoms with Gasteiger partial charge in [0.2, 0.25) is 5.91 Å². The monoisotopic (exact) mass is 251 g/mol. The van der Waals surface area contributed by atoms with Crippen LogP contribution < -0.4 is 0 Å². The fourth-order valence-electron chi connectivity index (χ4n) is 4.22. The molecule has 0 spiro atoms. The van der Waals surface area contributed by atoms with Crippen LogP contribution in [0.2, 0.25) is 0 Å². The Kier molecular flexibility index (Phi) is 3.35. The van der Waals surface area contributed by atoms with Crippen molar-refractivity contribution in [3.63, 3.8) is 0 Å². The lowest BCUT2D eigenvalue weighted by molar-refractivity contribution is -0.144. The largest absolute Gasteiger partial charge is 0.375 e. The third kappa shape index (κ3) is 2.29. The lowest BCUT2D eigenvalue weighted by Gasteiger charge is -2.38. The summed E-state index contributed by atoms with van der Waals surface area (Å²) in [4.78, 5) is 14.5. The van der Waals surface area contributed by atoms with Crippen molar-refractivity contribution >= 4 is 5.91 Å². The van der Waals surface area contributed by atoms with Gasteiger partial charge in [0.15, 0.2) is 0 Å².